The van der Waals surface area contributed by atoms with Crippen molar-refractivity contribution < 1.29 is 23.0 Å². The highest BCUT2D eigenvalue weighted by molar-refractivity contribution is 7.22. The minimum Gasteiger partial charge on any atom is -0.320 e. The predicted octanol–water partition coefficient (Wildman–Crippen LogP) is 5.84. The van der Waals surface area contributed by atoms with Crippen LogP contribution in [0.15, 0.2) is 24.3 Å². The molecule has 13 heteroatoms. The molecule has 0 radical (unpaired) electrons. The maximum absolute atomic E-state index is 13.1. The molecule has 0 spiro atoms. The summed E-state index contributed by atoms with van der Waals surface area (Å²) in [7, 11) is 0. The molecule has 1 aromatic heterocycles. The predicted molar refractivity (Wildman–Crippen MR) is 97.4 cm³/mol. The molecule has 0 amide bonds. The third-order valence-electron chi connectivity index (χ3n) is 3.76. The number of hydrogen-bond donors (Lipinski definition) is 1. The zero-order chi connectivity index (χ0) is 20.8. The van der Waals surface area contributed by atoms with E-state index >= 15 is 0 Å². The van der Waals surface area contributed by atoms with Crippen LogP contribution in [0.4, 0.5) is 35.4 Å². The first-order valence-electron chi connectivity index (χ1n) is 7.36. The molecule has 1 N–H and O–H groups in total. The van der Waals surface area contributed by atoms with E-state index in [0.717, 1.165) is 16.9 Å². The van der Waals surface area contributed by atoms with Gasteiger partial charge in [0.2, 0.25) is 0 Å². The molecule has 2 aromatic carbocycles. The largest absolute Gasteiger partial charge is 0.418 e. The summed E-state index contributed by atoms with van der Waals surface area (Å²) in [5.41, 5.74) is -3.49. The molecule has 0 saturated heterocycles. The molecule has 0 bridgehead atoms. The Morgan fingerprint density at radius 2 is 1.89 bits per heavy atom. The number of nitro groups is 2. The van der Waals surface area contributed by atoms with Gasteiger partial charge >= 0.3 is 17.6 Å². The van der Waals surface area contributed by atoms with Crippen molar-refractivity contribution in [2.24, 2.45) is 0 Å². The summed E-state index contributed by atoms with van der Waals surface area (Å²) >= 11 is 6.63. The highest BCUT2D eigenvalue weighted by atomic mass is 35.5. The lowest BCUT2D eigenvalue weighted by Crippen LogP contribution is -2.11. The Hall–Kier alpha value is -2.99. The smallest absolute Gasteiger partial charge is 0.320 e. The van der Waals surface area contributed by atoms with Crippen LogP contribution in [-0.2, 0) is 6.18 Å². The summed E-state index contributed by atoms with van der Waals surface area (Å²) in [6.07, 6.45) is -5.11. The van der Waals surface area contributed by atoms with E-state index < -0.39 is 43.7 Å². The fourth-order valence-corrected chi connectivity index (χ4v) is 3.80. The average Bonchev–Trinajstić information content (AvgIpc) is 2.97. The van der Waals surface area contributed by atoms with Gasteiger partial charge in [0.1, 0.15) is 5.02 Å². The van der Waals surface area contributed by atoms with Crippen molar-refractivity contribution in [3.8, 4) is 0 Å². The number of para-hydroxylation sites is 1. The lowest BCUT2D eigenvalue weighted by molar-refractivity contribution is -0.392. The number of nitro benzene ring substituents is 2. The SMILES string of the molecule is Cc1cccc2sc(Nc3c([N+](=O)[O-])cc(C(F)(F)F)c(Cl)c3[N+](=O)[O-])nc12. The second-order valence-electron chi connectivity index (χ2n) is 5.56. The van der Waals surface area contributed by atoms with Crippen molar-refractivity contribution in [3.63, 3.8) is 0 Å². The molecule has 1 heterocycles. The van der Waals surface area contributed by atoms with E-state index in [9.17, 15) is 33.4 Å². The molecule has 0 atom stereocenters. The Labute approximate surface area is 162 Å². The van der Waals surface area contributed by atoms with Gasteiger partial charge in [-0.2, -0.15) is 13.2 Å². The molecule has 146 valence electrons. The van der Waals surface area contributed by atoms with Crippen LogP contribution in [0.2, 0.25) is 5.02 Å². The van der Waals surface area contributed by atoms with E-state index in [4.69, 9.17) is 11.6 Å². The van der Waals surface area contributed by atoms with E-state index in [1.54, 1.807) is 25.1 Å². The van der Waals surface area contributed by atoms with Crippen molar-refractivity contribution in [3.05, 3.63) is 60.6 Å². The van der Waals surface area contributed by atoms with E-state index in [-0.39, 0.29) is 11.2 Å². The number of anilines is 2. The molecule has 3 aromatic rings. The van der Waals surface area contributed by atoms with Gasteiger partial charge in [0.05, 0.1) is 25.6 Å². The van der Waals surface area contributed by atoms with Crippen molar-refractivity contribution in [1.29, 1.82) is 0 Å². The number of fused-ring (bicyclic) bond motifs is 1. The van der Waals surface area contributed by atoms with Crippen molar-refractivity contribution in [1.82, 2.24) is 4.98 Å². The molecule has 28 heavy (non-hydrogen) atoms. The number of rotatable bonds is 4. The Bertz CT molecular complexity index is 1130. The fraction of sp³-hybridized carbons (Fsp3) is 0.133. The van der Waals surface area contributed by atoms with Gasteiger partial charge in [-0.25, -0.2) is 4.98 Å². The van der Waals surface area contributed by atoms with Gasteiger partial charge in [-0.3, -0.25) is 20.2 Å². The van der Waals surface area contributed by atoms with Gasteiger partial charge in [0, 0.05) is 6.07 Å². The molecule has 3 rings (SSSR count). The van der Waals surface area contributed by atoms with E-state index in [1.165, 1.54) is 0 Å². The fourth-order valence-electron chi connectivity index (χ4n) is 2.52. The normalized spacial score (nSPS) is 11.6. The minimum atomic E-state index is -5.11. The first-order chi connectivity index (χ1) is 13.0. The van der Waals surface area contributed by atoms with Crippen molar-refractivity contribution >= 4 is 55.3 Å². The third kappa shape index (κ3) is 3.43. The zero-order valence-corrected chi connectivity index (χ0v) is 15.3. The van der Waals surface area contributed by atoms with Gasteiger partial charge in [0.15, 0.2) is 10.8 Å². The Morgan fingerprint density at radius 3 is 2.43 bits per heavy atom. The maximum Gasteiger partial charge on any atom is 0.418 e. The third-order valence-corrected chi connectivity index (χ3v) is 5.07. The number of nitrogens with zero attached hydrogens (tertiary/aromatic N) is 3. The zero-order valence-electron chi connectivity index (χ0n) is 13.7. The Balaban J connectivity index is 2.25. The summed E-state index contributed by atoms with van der Waals surface area (Å²) in [4.78, 5) is 24.6. The number of aromatic nitrogens is 1. The number of halogens is 4. The Kier molecular flexibility index (Phi) is 4.85. The maximum atomic E-state index is 13.1. The second kappa shape index (κ2) is 6.87. The molecule has 8 nitrogen and oxygen atoms in total. The number of alkyl halides is 3. The average molecular weight is 433 g/mol. The highest BCUT2D eigenvalue weighted by Crippen LogP contribution is 2.48. The summed E-state index contributed by atoms with van der Waals surface area (Å²) < 4.78 is 40.0. The lowest BCUT2D eigenvalue weighted by atomic mass is 10.1. The first-order valence-corrected chi connectivity index (χ1v) is 8.55. The topological polar surface area (TPSA) is 111 Å². The molecular weight excluding hydrogens is 425 g/mol. The van der Waals surface area contributed by atoms with Crippen molar-refractivity contribution in [2.75, 3.05) is 5.32 Å². The van der Waals surface area contributed by atoms with Crippen LogP contribution in [0, 0.1) is 27.2 Å². The van der Waals surface area contributed by atoms with Crippen LogP contribution in [-0.4, -0.2) is 14.8 Å². The Morgan fingerprint density at radius 1 is 1.21 bits per heavy atom. The van der Waals surface area contributed by atoms with Gasteiger partial charge in [0.25, 0.3) is 0 Å². The van der Waals surface area contributed by atoms with Crippen LogP contribution in [0.1, 0.15) is 11.1 Å². The standard InChI is InChI=1S/C15H8ClF3N4O4S/c1-6-3-2-4-9-11(6)20-14(28-9)21-12-8(22(24)25)5-7(15(17,18)19)10(16)13(12)23(26)27/h2-5H,1H3,(H,20,21). The summed E-state index contributed by atoms with van der Waals surface area (Å²) in [5, 5.41) is 23.9. The van der Waals surface area contributed by atoms with Crippen LogP contribution in [0.5, 0.6) is 0 Å². The van der Waals surface area contributed by atoms with Gasteiger partial charge in [-0.05, 0) is 18.6 Å². The quantitative estimate of drug-likeness (QED) is 0.409. The molecule has 0 aliphatic carbocycles. The molecule has 0 aliphatic rings. The number of benzene rings is 2. The number of aryl methyl sites for hydroxylation is 1. The van der Waals surface area contributed by atoms with Crippen LogP contribution < -0.4 is 5.32 Å². The molecular formula is C15H8ClF3N4O4S. The van der Waals surface area contributed by atoms with Crippen LogP contribution >= 0.6 is 22.9 Å². The second-order valence-corrected chi connectivity index (χ2v) is 6.97. The number of thiazole rings is 1. The van der Waals surface area contributed by atoms with Crippen LogP contribution in [0.3, 0.4) is 0 Å². The van der Waals surface area contributed by atoms with E-state index in [2.05, 4.69) is 10.3 Å². The van der Waals surface area contributed by atoms with Gasteiger partial charge in [-0.15, -0.1) is 0 Å². The molecule has 0 unspecified atom stereocenters. The molecule has 0 fully saturated rings. The van der Waals surface area contributed by atoms with Gasteiger partial charge < -0.3 is 5.32 Å². The number of hydrogen-bond acceptors (Lipinski definition) is 7. The van der Waals surface area contributed by atoms with E-state index in [0.29, 0.717) is 10.2 Å². The lowest BCUT2D eigenvalue weighted by Gasteiger charge is -2.12. The summed E-state index contributed by atoms with van der Waals surface area (Å²) in [5.74, 6) is 0. The van der Waals surface area contributed by atoms with E-state index in [1.807, 2.05) is 0 Å². The highest BCUT2D eigenvalue weighted by Gasteiger charge is 2.42. The minimum absolute atomic E-state index is 0.0336. The summed E-state index contributed by atoms with van der Waals surface area (Å²) in [6, 6.07) is 5.40. The van der Waals surface area contributed by atoms with Crippen molar-refractivity contribution in [2.45, 2.75) is 13.1 Å². The monoisotopic (exact) mass is 432 g/mol. The summed E-state index contributed by atoms with van der Waals surface area (Å²) in [6.45, 7) is 1.77. The van der Waals surface area contributed by atoms with Gasteiger partial charge in [-0.1, -0.05) is 35.1 Å². The number of nitrogens with one attached hydrogen (secondary N) is 1. The first kappa shape index (κ1) is 19.8. The molecule has 0 aliphatic heterocycles. The molecule has 0 saturated carbocycles. The van der Waals surface area contributed by atoms with Crippen LogP contribution in [0.25, 0.3) is 10.2 Å².